The lowest BCUT2D eigenvalue weighted by atomic mass is 10.1. The van der Waals surface area contributed by atoms with E-state index < -0.39 is 5.97 Å². The van der Waals surface area contributed by atoms with Gasteiger partial charge in [-0.1, -0.05) is 17.7 Å². The summed E-state index contributed by atoms with van der Waals surface area (Å²) in [4.78, 5) is 16.3. The van der Waals surface area contributed by atoms with Gasteiger partial charge in [-0.25, -0.2) is 9.67 Å². The molecule has 0 fully saturated rings. The van der Waals surface area contributed by atoms with Crippen LogP contribution < -0.4 is 5.11 Å². The molecule has 0 N–H and O–H groups in total. The van der Waals surface area contributed by atoms with Crippen LogP contribution in [-0.4, -0.2) is 20.7 Å². The molecular weight excluding hydrogens is 318 g/mol. The Labute approximate surface area is 143 Å². The first-order valence-corrected chi connectivity index (χ1v) is 7.77. The van der Waals surface area contributed by atoms with Gasteiger partial charge in [-0.15, -0.1) is 0 Å². The Morgan fingerprint density at radius 1 is 1.16 bits per heavy atom. The molecule has 0 amide bonds. The van der Waals surface area contributed by atoms with E-state index in [4.69, 9.17) is 4.42 Å². The quantitative estimate of drug-likeness (QED) is 0.576. The third-order valence-corrected chi connectivity index (χ3v) is 4.08. The molecule has 3 heterocycles. The fraction of sp³-hybridized carbons (Fsp3) is 0.105. The second kappa shape index (κ2) is 5.59. The zero-order chi connectivity index (χ0) is 17.6. The molecule has 25 heavy (non-hydrogen) atoms. The maximum absolute atomic E-state index is 11.7. The van der Waals surface area contributed by atoms with Crippen LogP contribution in [0.15, 0.2) is 53.1 Å². The fourth-order valence-corrected chi connectivity index (χ4v) is 2.87. The first kappa shape index (κ1) is 15.1. The molecule has 6 heteroatoms. The molecule has 3 aromatic heterocycles. The summed E-state index contributed by atoms with van der Waals surface area (Å²) in [5, 5.41) is 16.6. The number of carboxylic acids is 1. The van der Waals surface area contributed by atoms with Crippen molar-refractivity contribution in [1.29, 1.82) is 0 Å². The van der Waals surface area contributed by atoms with Gasteiger partial charge in [0, 0.05) is 5.56 Å². The van der Waals surface area contributed by atoms with Crippen LogP contribution in [0.3, 0.4) is 0 Å². The van der Waals surface area contributed by atoms with Crippen molar-refractivity contribution in [1.82, 2.24) is 14.8 Å². The molecule has 0 bridgehead atoms. The molecule has 0 spiro atoms. The maximum Gasteiger partial charge on any atom is 0.164 e. The first-order chi connectivity index (χ1) is 12.0. The Morgan fingerprint density at radius 3 is 2.56 bits per heavy atom. The van der Waals surface area contributed by atoms with Crippen LogP contribution in [0, 0.1) is 13.8 Å². The van der Waals surface area contributed by atoms with Crippen molar-refractivity contribution in [2.75, 3.05) is 0 Å². The van der Waals surface area contributed by atoms with Crippen molar-refractivity contribution >= 4 is 17.0 Å². The lowest BCUT2D eigenvalue weighted by Crippen LogP contribution is -2.23. The number of benzene rings is 1. The zero-order valence-electron chi connectivity index (χ0n) is 13.7. The summed E-state index contributed by atoms with van der Waals surface area (Å²) in [7, 11) is 0. The number of carbonyl (C=O) groups is 1. The van der Waals surface area contributed by atoms with Crippen LogP contribution >= 0.6 is 0 Å². The highest BCUT2D eigenvalue weighted by Crippen LogP contribution is 2.28. The van der Waals surface area contributed by atoms with Crippen molar-refractivity contribution in [3.63, 3.8) is 0 Å². The SMILES string of the molecule is Cc1ccc(-n2nc(C)c3c(C(=O)[O-])cc(-c4ccco4)nc32)cc1. The van der Waals surface area contributed by atoms with Crippen molar-refractivity contribution < 1.29 is 14.3 Å². The molecule has 4 rings (SSSR count). The summed E-state index contributed by atoms with van der Waals surface area (Å²) in [5.41, 5.74) is 3.42. The monoisotopic (exact) mass is 332 g/mol. The van der Waals surface area contributed by atoms with Gasteiger partial charge >= 0.3 is 0 Å². The number of carboxylic acid groups (broad SMARTS) is 1. The number of aryl methyl sites for hydroxylation is 2. The molecule has 0 radical (unpaired) electrons. The standard InChI is InChI=1S/C19H15N3O3/c1-11-5-7-13(8-6-11)22-18-17(12(2)21-22)14(19(23)24)10-15(20-18)16-4-3-9-25-16/h3-10H,1-2H3,(H,23,24)/p-1. The van der Waals surface area contributed by atoms with Crippen LogP contribution in [0.25, 0.3) is 28.2 Å². The van der Waals surface area contributed by atoms with Gasteiger partial charge < -0.3 is 14.3 Å². The second-order valence-corrected chi connectivity index (χ2v) is 5.85. The van der Waals surface area contributed by atoms with Gasteiger partial charge in [-0.2, -0.15) is 5.10 Å². The minimum absolute atomic E-state index is 0.0484. The summed E-state index contributed by atoms with van der Waals surface area (Å²) in [6.45, 7) is 3.76. The van der Waals surface area contributed by atoms with Crippen LogP contribution in [0.2, 0.25) is 0 Å². The maximum atomic E-state index is 11.7. The Bertz CT molecular complexity index is 1080. The molecule has 0 aliphatic carbocycles. The van der Waals surface area contributed by atoms with Gasteiger partial charge in [-0.05, 0) is 44.2 Å². The summed E-state index contributed by atoms with van der Waals surface area (Å²) in [6, 6.07) is 12.7. The van der Waals surface area contributed by atoms with E-state index in [0.717, 1.165) is 11.3 Å². The molecule has 6 nitrogen and oxygen atoms in total. The molecule has 0 saturated heterocycles. The lowest BCUT2D eigenvalue weighted by Gasteiger charge is -2.08. The third-order valence-electron chi connectivity index (χ3n) is 4.08. The van der Waals surface area contributed by atoms with Gasteiger partial charge in [0.15, 0.2) is 11.4 Å². The number of rotatable bonds is 3. The molecule has 4 aromatic rings. The number of hydrogen-bond donors (Lipinski definition) is 0. The summed E-state index contributed by atoms with van der Waals surface area (Å²) in [6.07, 6.45) is 1.52. The van der Waals surface area contributed by atoms with Crippen LogP contribution in [0.1, 0.15) is 21.6 Å². The lowest BCUT2D eigenvalue weighted by molar-refractivity contribution is -0.254. The number of nitrogens with zero attached hydrogens (tertiary/aromatic N) is 3. The van der Waals surface area contributed by atoms with Gasteiger partial charge in [0.2, 0.25) is 0 Å². The van der Waals surface area contributed by atoms with Crippen LogP contribution in [-0.2, 0) is 0 Å². The minimum Gasteiger partial charge on any atom is -0.545 e. The topological polar surface area (TPSA) is 84.0 Å². The molecule has 0 aliphatic rings. The minimum atomic E-state index is -1.27. The summed E-state index contributed by atoms with van der Waals surface area (Å²) >= 11 is 0. The summed E-state index contributed by atoms with van der Waals surface area (Å²) in [5.74, 6) is -0.787. The number of aromatic nitrogens is 3. The molecule has 0 unspecified atom stereocenters. The van der Waals surface area contributed by atoms with Gasteiger partial charge in [-0.3, -0.25) is 0 Å². The average molecular weight is 332 g/mol. The van der Waals surface area contributed by atoms with E-state index in [1.807, 2.05) is 31.2 Å². The number of carbonyl (C=O) groups excluding carboxylic acids is 1. The Morgan fingerprint density at radius 2 is 1.92 bits per heavy atom. The van der Waals surface area contributed by atoms with E-state index in [0.29, 0.717) is 28.2 Å². The molecule has 0 atom stereocenters. The number of furan rings is 1. The first-order valence-electron chi connectivity index (χ1n) is 7.77. The van der Waals surface area contributed by atoms with E-state index in [1.54, 1.807) is 23.7 Å². The van der Waals surface area contributed by atoms with E-state index in [1.165, 1.54) is 12.3 Å². The normalized spacial score (nSPS) is 11.1. The van der Waals surface area contributed by atoms with E-state index in [9.17, 15) is 9.90 Å². The highest BCUT2D eigenvalue weighted by atomic mass is 16.4. The second-order valence-electron chi connectivity index (χ2n) is 5.85. The third kappa shape index (κ3) is 2.48. The molecule has 124 valence electrons. The smallest absolute Gasteiger partial charge is 0.164 e. The average Bonchev–Trinajstić information content (AvgIpc) is 3.23. The van der Waals surface area contributed by atoms with Crippen molar-refractivity contribution in [2.45, 2.75) is 13.8 Å². The Kier molecular flexibility index (Phi) is 3.39. The molecule has 0 aliphatic heterocycles. The van der Waals surface area contributed by atoms with Gasteiger partial charge in [0.1, 0.15) is 5.69 Å². The number of aromatic carboxylic acids is 1. The van der Waals surface area contributed by atoms with Crippen molar-refractivity contribution in [3.8, 4) is 17.1 Å². The fourth-order valence-electron chi connectivity index (χ4n) is 2.87. The Balaban J connectivity index is 2.05. The van der Waals surface area contributed by atoms with Crippen LogP contribution in [0.4, 0.5) is 0 Å². The van der Waals surface area contributed by atoms with E-state index in [-0.39, 0.29) is 5.56 Å². The van der Waals surface area contributed by atoms with Crippen molar-refractivity contribution in [2.24, 2.45) is 0 Å². The summed E-state index contributed by atoms with van der Waals surface area (Å²) < 4.78 is 7.01. The number of hydrogen-bond acceptors (Lipinski definition) is 5. The molecule has 1 aromatic carbocycles. The largest absolute Gasteiger partial charge is 0.545 e. The van der Waals surface area contributed by atoms with Gasteiger partial charge in [0.05, 0.1) is 29.0 Å². The Hall–Kier alpha value is -3.41. The highest BCUT2D eigenvalue weighted by Gasteiger charge is 2.18. The zero-order valence-corrected chi connectivity index (χ0v) is 13.7. The van der Waals surface area contributed by atoms with Gasteiger partial charge in [0.25, 0.3) is 0 Å². The van der Waals surface area contributed by atoms with Crippen LogP contribution in [0.5, 0.6) is 0 Å². The highest BCUT2D eigenvalue weighted by molar-refractivity contribution is 6.03. The molecule has 0 saturated carbocycles. The van der Waals surface area contributed by atoms with Crippen molar-refractivity contribution in [3.05, 3.63) is 65.5 Å². The van der Waals surface area contributed by atoms with E-state index >= 15 is 0 Å². The van der Waals surface area contributed by atoms with E-state index in [2.05, 4.69) is 10.1 Å². The predicted molar refractivity (Wildman–Crippen MR) is 90.4 cm³/mol. The predicted octanol–water partition coefficient (Wildman–Crippen LogP) is 2.66. The molecular formula is C19H14N3O3-. The number of fused-ring (bicyclic) bond motifs is 1. The number of pyridine rings is 1.